The SMILES string of the molecule is CCCCCCCCCCCCCC/C=C\CCCCCCCCCCCCCCCCC(=O)NC(COC1OC(CO)C(OC2OC(CO)C(O)C(OC3(C(=O)O)CC(O)C(NC(C)=O)C(C(O)C(O)CO)O3)C2O)C(O)C1O)C(O)/C=C/CCCCCCCCCCCCCCCCCCCC. The number of aliphatic hydroxyl groups is 11. The summed E-state index contributed by atoms with van der Waals surface area (Å²) < 4.78 is 34.9. The lowest BCUT2D eigenvalue weighted by molar-refractivity contribution is -0.386. The summed E-state index contributed by atoms with van der Waals surface area (Å²) in [5, 5.41) is 136. The first-order chi connectivity index (χ1) is 50.4. The Kier molecular flexibility index (Phi) is 55.0. The average molecular weight is 1490 g/mol. The van der Waals surface area contributed by atoms with Crippen molar-refractivity contribution < 1.29 is 104 Å². The van der Waals surface area contributed by atoms with Crippen molar-refractivity contribution in [1.82, 2.24) is 10.6 Å². The van der Waals surface area contributed by atoms with Gasteiger partial charge in [0.2, 0.25) is 11.8 Å². The normalized spacial score (nSPS) is 26.5. The minimum absolute atomic E-state index is 0.203. The Morgan fingerprint density at radius 3 is 1.31 bits per heavy atom. The second-order valence-electron chi connectivity index (χ2n) is 30.3. The van der Waals surface area contributed by atoms with Gasteiger partial charge in [-0.1, -0.05) is 295 Å². The van der Waals surface area contributed by atoms with Crippen LogP contribution in [0.5, 0.6) is 0 Å². The maximum absolute atomic E-state index is 13.6. The van der Waals surface area contributed by atoms with E-state index in [1.54, 1.807) is 6.08 Å². The molecule has 104 heavy (non-hydrogen) atoms. The van der Waals surface area contributed by atoms with Gasteiger partial charge in [0.25, 0.3) is 5.79 Å². The molecule has 18 unspecified atom stereocenters. The zero-order chi connectivity index (χ0) is 76.0. The van der Waals surface area contributed by atoms with Crippen LogP contribution in [0.4, 0.5) is 0 Å². The number of carbonyl (C=O) groups excluding carboxylic acids is 2. The van der Waals surface area contributed by atoms with Gasteiger partial charge in [0.05, 0.1) is 50.7 Å². The molecular formula is C81H150N2O21. The van der Waals surface area contributed by atoms with Gasteiger partial charge in [-0.05, 0) is 44.9 Å². The van der Waals surface area contributed by atoms with E-state index in [1.165, 1.54) is 244 Å². The van der Waals surface area contributed by atoms with Crippen LogP contribution in [0, 0.1) is 0 Å². The Balaban J connectivity index is 1.49. The first-order valence-electron chi connectivity index (χ1n) is 41.7. The topological polar surface area (TPSA) is 373 Å². The van der Waals surface area contributed by atoms with E-state index < -0.39 is 155 Å². The summed E-state index contributed by atoms with van der Waals surface area (Å²) in [5.74, 6) is -6.13. The lowest BCUT2D eigenvalue weighted by Crippen LogP contribution is -2.70. The first kappa shape index (κ1) is 95.4. The van der Waals surface area contributed by atoms with Crippen molar-refractivity contribution in [2.45, 2.75) is 445 Å². The van der Waals surface area contributed by atoms with E-state index >= 15 is 0 Å². The molecule has 0 aromatic rings. The number of carboxylic acids is 1. The van der Waals surface area contributed by atoms with E-state index in [0.29, 0.717) is 12.8 Å². The van der Waals surface area contributed by atoms with Crippen molar-refractivity contribution in [2.24, 2.45) is 0 Å². The fourth-order valence-electron chi connectivity index (χ4n) is 14.5. The van der Waals surface area contributed by atoms with Gasteiger partial charge in [-0.3, -0.25) is 9.59 Å². The predicted molar refractivity (Wildman–Crippen MR) is 403 cm³/mol. The molecule has 3 saturated heterocycles. The smallest absolute Gasteiger partial charge is 0.364 e. The molecule has 0 saturated carbocycles. The number of hydrogen-bond donors (Lipinski definition) is 14. The van der Waals surface area contributed by atoms with Crippen LogP contribution in [-0.2, 0) is 42.8 Å². The van der Waals surface area contributed by atoms with E-state index in [2.05, 4.69) is 36.6 Å². The van der Waals surface area contributed by atoms with E-state index in [1.807, 2.05) is 6.08 Å². The predicted octanol–water partition coefficient (Wildman–Crippen LogP) is 11.5. The van der Waals surface area contributed by atoms with Crippen LogP contribution in [0.2, 0.25) is 0 Å². The average Bonchev–Trinajstić information content (AvgIpc) is 0.754. The summed E-state index contributed by atoms with van der Waals surface area (Å²) in [7, 11) is 0. The zero-order valence-corrected chi connectivity index (χ0v) is 64.6. The molecule has 3 aliphatic rings. The van der Waals surface area contributed by atoms with E-state index in [-0.39, 0.29) is 12.3 Å². The van der Waals surface area contributed by atoms with Crippen molar-refractivity contribution in [3.8, 4) is 0 Å². The molecule has 0 aromatic heterocycles. The Labute approximate surface area is 625 Å². The summed E-state index contributed by atoms with van der Waals surface area (Å²) in [4.78, 5) is 38.7. The van der Waals surface area contributed by atoms with Gasteiger partial charge in [0, 0.05) is 19.8 Å². The highest BCUT2D eigenvalue weighted by atomic mass is 16.8. The number of carbonyl (C=O) groups is 3. The Morgan fingerprint density at radius 1 is 0.500 bits per heavy atom. The fraction of sp³-hybridized carbons (Fsp3) is 0.914. The molecule has 0 aliphatic carbocycles. The monoisotopic (exact) mass is 1490 g/mol. The lowest BCUT2D eigenvalue weighted by Gasteiger charge is -2.50. The number of unbranched alkanes of at least 4 members (excludes halogenated alkanes) is 44. The molecule has 0 bridgehead atoms. The van der Waals surface area contributed by atoms with Gasteiger partial charge in [-0.25, -0.2) is 4.79 Å². The number of aliphatic carboxylic acids is 1. The van der Waals surface area contributed by atoms with Crippen LogP contribution in [0.1, 0.15) is 335 Å². The number of carboxylic acid groups (broad SMARTS) is 1. The molecule has 0 radical (unpaired) electrons. The Hall–Kier alpha value is -2.79. The first-order valence-corrected chi connectivity index (χ1v) is 41.7. The molecule has 23 heteroatoms. The standard InChI is InChI=1S/C81H150N2O21/c1-4-6-8-10-12-14-16-18-20-22-24-26-27-28-29-30-31-32-33-34-35-37-39-41-43-45-47-49-51-53-55-68(91)83-62(63(88)54-52-50-48-46-44-42-40-38-36-25-23-21-19-17-15-13-11-9-7-5-2)60-99-78-73(95)72(94)75(67(59-86)101-78)102-79-74(96)77(71(93)66(58-85)100-79)104-81(80(97)98)56-64(89)69(82-61(3)87)76(103-81)70(92)65(90)57-84/h28-29,52,54,62-67,69-79,84-86,88-90,92-96H,4-27,30-51,53,55-60H2,1-3H3,(H,82,87)(H,83,91)(H,97,98)/b29-28-,54-52+. The number of amides is 2. The van der Waals surface area contributed by atoms with Crippen LogP contribution in [-0.4, -0.2) is 215 Å². The summed E-state index contributed by atoms with van der Waals surface area (Å²) in [5.41, 5.74) is 0. The van der Waals surface area contributed by atoms with Crippen LogP contribution >= 0.6 is 0 Å². The number of rotatable bonds is 66. The number of ether oxygens (including phenoxy) is 6. The highest BCUT2D eigenvalue weighted by Gasteiger charge is 2.60. The third kappa shape index (κ3) is 39.7. The number of nitrogens with one attached hydrogen (secondary N) is 2. The van der Waals surface area contributed by atoms with Crippen molar-refractivity contribution in [2.75, 3.05) is 26.4 Å². The minimum atomic E-state index is -3.08. The highest BCUT2D eigenvalue weighted by Crippen LogP contribution is 2.39. The van der Waals surface area contributed by atoms with Crippen LogP contribution in [0.25, 0.3) is 0 Å². The second kappa shape index (κ2) is 60.0. The van der Waals surface area contributed by atoms with Gasteiger partial charge < -0.3 is 100 Å². The molecule has 3 rings (SSSR count). The molecule has 14 N–H and O–H groups in total. The van der Waals surface area contributed by atoms with Crippen LogP contribution < -0.4 is 10.6 Å². The zero-order valence-electron chi connectivity index (χ0n) is 64.6. The van der Waals surface area contributed by atoms with E-state index in [9.17, 15) is 75.7 Å². The molecule has 3 fully saturated rings. The van der Waals surface area contributed by atoms with E-state index in [4.69, 9.17) is 28.4 Å². The quantitative estimate of drug-likeness (QED) is 0.0199. The molecule has 2 amide bonds. The third-order valence-corrected chi connectivity index (χ3v) is 21.1. The molecular weight excluding hydrogens is 1340 g/mol. The van der Waals surface area contributed by atoms with Gasteiger partial charge in [0.15, 0.2) is 12.6 Å². The van der Waals surface area contributed by atoms with Crippen molar-refractivity contribution in [3.63, 3.8) is 0 Å². The van der Waals surface area contributed by atoms with Gasteiger partial charge in [-0.2, -0.15) is 0 Å². The molecule has 3 aliphatic heterocycles. The summed E-state index contributed by atoms with van der Waals surface area (Å²) in [6.45, 7) is 2.19. The Morgan fingerprint density at radius 2 is 0.904 bits per heavy atom. The van der Waals surface area contributed by atoms with Crippen molar-refractivity contribution >= 4 is 17.8 Å². The lowest BCUT2D eigenvalue weighted by atomic mass is 9.88. The maximum atomic E-state index is 13.6. The highest BCUT2D eigenvalue weighted by molar-refractivity contribution is 5.77. The van der Waals surface area contributed by atoms with Gasteiger partial charge >= 0.3 is 5.97 Å². The number of allylic oxidation sites excluding steroid dienone is 3. The molecule has 23 nitrogen and oxygen atoms in total. The van der Waals surface area contributed by atoms with E-state index in [0.717, 1.165) is 51.9 Å². The summed E-state index contributed by atoms with van der Waals surface area (Å²) in [6, 6.07) is -2.62. The molecule has 0 spiro atoms. The fourth-order valence-corrected chi connectivity index (χ4v) is 14.5. The van der Waals surface area contributed by atoms with Gasteiger partial charge in [0.1, 0.15) is 67.1 Å². The summed E-state index contributed by atoms with van der Waals surface area (Å²) >= 11 is 0. The van der Waals surface area contributed by atoms with Crippen LogP contribution in [0.15, 0.2) is 24.3 Å². The van der Waals surface area contributed by atoms with Gasteiger partial charge in [-0.15, -0.1) is 0 Å². The number of hydrogen-bond acceptors (Lipinski definition) is 20. The molecule has 0 aromatic carbocycles. The minimum Gasteiger partial charge on any atom is -0.477 e. The Bertz CT molecular complexity index is 2170. The largest absolute Gasteiger partial charge is 0.477 e. The summed E-state index contributed by atoms with van der Waals surface area (Å²) in [6.07, 6.45) is 37.9. The maximum Gasteiger partial charge on any atom is 0.364 e. The second-order valence-corrected chi connectivity index (χ2v) is 30.3. The van der Waals surface area contributed by atoms with Crippen LogP contribution in [0.3, 0.4) is 0 Å². The third-order valence-electron chi connectivity index (χ3n) is 21.1. The van der Waals surface area contributed by atoms with Crippen molar-refractivity contribution in [1.29, 1.82) is 0 Å². The molecule has 3 heterocycles. The van der Waals surface area contributed by atoms with Crippen molar-refractivity contribution in [3.05, 3.63) is 24.3 Å². The number of aliphatic hydroxyl groups excluding tert-OH is 11. The molecule has 610 valence electrons. The molecule has 18 atom stereocenters.